The van der Waals surface area contributed by atoms with Gasteiger partial charge >= 0.3 is 18.9 Å². The molecule has 0 aliphatic carbocycles. The smallest absolute Gasteiger partial charge is 0.550 e. The monoisotopic (exact) mass is 277 g/mol. The zero-order chi connectivity index (χ0) is 14.7. The van der Waals surface area contributed by atoms with Gasteiger partial charge in [0.25, 0.3) is 0 Å². The summed E-state index contributed by atoms with van der Waals surface area (Å²) in [6, 6.07) is 5.25. The summed E-state index contributed by atoms with van der Waals surface area (Å²) in [5.74, 6) is -0.883. The molecule has 21 heavy (non-hydrogen) atoms. The van der Waals surface area contributed by atoms with Crippen LogP contribution in [0.3, 0.4) is 0 Å². The number of hydrogen-bond donors (Lipinski definition) is 1. The molecule has 2 rings (SSSR count). The van der Waals surface area contributed by atoms with Crippen LogP contribution in [0.15, 0.2) is 18.3 Å². The van der Waals surface area contributed by atoms with Crippen molar-refractivity contribution in [3.8, 4) is 17.3 Å². The van der Waals surface area contributed by atoms with Gasteiger partial charge in [0.2, 0.25) is 0 Å². The molecular formula is C13H12LiN5O2. The molecule has 0 fully saturated rings. The molecule has 7 nitrogen and oxygen atoms in total. The number of aromatic nitrogens is 3. The number of nitrogen functional groups attached to an aromatic ring is 1. The fourth-order valence-corrected chi connectivity index (χ4v) is 1.85. The van der Waals surface area contributed by atoms with Crippen LogP contribution in [-0.2, 0) is 17.8 Å². The first-order valence-electron chi connectivity index (χ1n) is 5.98. The fraction of sp³-hybridized carbons (Fsp3) is 0.231. The first kappa shape index (κ1) is 16.8. The van der Waals surface area contributed by atoms with Gasteiger partial charge in [0.15, 0.2) is 0 Å². The van der Waals surface area contributed by atoms with Gasteiger partial charge < -0.3 is 15.6 Å². The molecule has 0 saturated heterocycles. The number of nitrogens with zero attached hydrogens (tertiary/aromatic N) is 4. The van der Waals surface area contributed by atoms with Gasteiger partial charge in [-0.3, -0.25) is 4.98 Å². The molecule has 2 heterocycles. The molecule has 0 aromatic carbocycles. The number of nitriles is 1. The minimum Gasteiger partial charge on any atom is -0.550 e. The molecule has 0 atom stereocenters. The van der Waals surface area contributed by atoms with E-state index in [0.29, 0.717) is 34.9 Å². The predicted molar refractivity (Wildman–Crippen MR) is 69.0 cm³/mol. The standard InChI is InChI=1S/C13H13N5O2.Li/c1-2-18-13(15)10(6-14)12(17-18)8-3-4-9(16-7-8)5-11(19)20;/h3-4,7H,2,5,15H2,1H3,(H,19,20);/q;+1/p-1. The number of anilines is 1. The van der Waals surface area contributed by atoms with Gasteiger partial charge in [-0.2, -0.15) is 10.4 Å². The second kappa shape index (κ2) is 6.94. The number of hydrogen-bond acceptors (Lipinski definition) is 6. The van der Waals surface area contributed by atoms with Crippen molar-refractivity contribution in [3.63, 3.8) is 0 Å². The molecule has 8 heteroatoms. The van der Waals surface area contributed by atoms with Gasteiger partial charge in [-0.15, -0.1) is 0 Å². The molecule has 0 radical (unpaired) electrons. The Balaban J connectivity index is 0.00000220. The minimum absolute atomic E-state index is 0. The topological polar surface area (TPSA) is 121 Å². The first-order chi connectivity index (χ1) is 9.56. The van der Waals surface area contributed by atoms with Gasteiger partial charge in [-0.1, -0.05) is 0 Å². The van der Waals surface area contributed by atoms with Crippen LogP contribution in [0.1, 0.15) is 18.2 Å². The number of carboxylic acid groups (broad SMARTS) is 1. The molecule has 102 valence electrons. The Bertz CT molecular complexity index is 688. The minimum atomic E-state index is -1.19. The van der Waals surface area contributed by atoms with E-state index in [4.69, 9.17) is 11.0 Å². The number of aryl methyl sites for hydroxylation is 1. The van der Waals surface area contributed by atoms with Crippen molar-refractivity contribution in [2.45, 2.75) is 19.9 Å². The second-order valence-corrected chi connectivity index (χ2v) is 4.12. The summed E-state index contributed by atoms with van der Waals surface area (Å²) in [5.41, 5.74) is 7.56. The molecule has 0 saturated carbocycles. The molecule has 0 spiro atoms. The third-order valence-corrected chi connectivity index (χ3v) is 2.83. The number of carbonyl (C=O) groups is 1. The summed E-state index contributed by atoms with van der Waals surface area (Å²) < 4.78 is 1.53. The van der Waals surface area contributed by atoms with Crippen molar-refractivity contribution in [2.24, 2.45) is 0 Å². The summed E-state index contributed by atoms with van der Waals surface area (Å²) in [6.45, 7) is 2.42. The summed E-state index contributed by atoms with van der Waals surface area (Å²) in [4.78, 5) is 14.5. The van der Waals surface area contributed by atoms with Crippen LogP contribution in [0, 0.1) is 11.3 Å². The van der Waals surface area contributed by atoms with Crippen molar-refractivity contribution in [3.05, 3.63) is 29.6 Å². The molecule has 0 bridgehead atoms. The van der Waals surface area contributed by atoms with E-state index in [1.165, 1.54) is 10.9 Å². The maximum Gasteiger partial charge on any atom is 1.00 e. The Labute approximate surface area is 133 Å². The number of nitrogens with two attached hydrogens (primary N) is 1. The summed E-state index contributed by atoms with van der Waals surface area (Å²) in [7, 11) is 0. The van der Waals surface area contributed by atoms with Crippen molar-refractivity contribution in [1.82, 2.24) is 14.8 Å². The van der Waals surface area contributed by atoms with Crippen molar-refractivity contribution >= 4 is 11.8 Å². The van der Waals surface area contributed by atoms with E-state index >= 15 is 0 Å². The van der Waals surface area contributed by atoms with Crippen LogP contribution >= 0.6 is 0 Å². The Hall–Kier alpha value is -2.28. The van der Waals surface area contributed by atoms with E-state index in [1.54, 1.807) is 12.1 Å². The zero-order valence-electron chi connectivity index (χ0n) is 11.8. The average molecular weight is 277 g/mol. The van der Waals surface area contributed by atoms with Gasteiger partial charge in [-0.05, 0) is 19.1 Å². The largest absolute Gasteiger partial charge is 1.00 e. The van der Waals surface area contributed by atoms with Crippen LogP contribution in [0.5, 0.6) is 0 Å². The van der Waals surface area contributed by atoms with Crippen LogP contribution in [-0.4, -0.2) is 20.7 Å². The number of carboxylic acids is 1. The fourth-order valence-electron chi connectivity index (χ4n) is 1.85. The van der Waals surface area contributed by atoms with Crippen molar-refractivity contribution in [2.75, 3.05) is 5.73 Å². The molecule has 2 N–H and O–H groups in total. The Morgan fingerprint density at radius 2 is 2.24 bits per heavy atom. The Kier molecular flexibility index (Phi) is 5.54. The van der Waals surface area contributed by atoms with Crippen LogP contribution in [0.25, 0.3) is 11.3 Å². The van der Waals surface area contributed by atoms with E-state index in [0.717, 1.165) is 0 Å². The van der Waals surface area contributed by atoms with Gasteiger partial charge in [-0.25, -0.2) is 4.68 Å². The molecule has 0 aliphatic heterocycles. The molecule has 2 aromatic rings. The zero-order valence-corrected chi connectivity index (χ0v) is 11.8. The number of aliphatic carboxylic acids is 1. The molecule has 0 amide bonds. The summed E-state index contributed by atoms with van der Waals surface area (Å²) in [5, 5.41) is 23.9. The van der Waals surface area contributed by atoms with Crippen LogP contribution in [0.4, 0.5) is 5.82 Å². The summed E-state index contributed by atoms with van der Waals surface area (Å²) in [6.07, 6.45) is 1.22. The maximum atomic E-state index is 10.5. The van der Waals surface area contributed by atoms with E-state index in [1.807, 2.05) is 13.0 Å². The maximum absolute atomic E-state index is 10.5. The third kappa shape index (κ3) is 3.43. The third-order valence-electron chi connectivity index (χ3n) is 2.83. The normalized spacial score (nSPS) is 9.71. The quantitative estimate of drug-likeness (QED) is 0.585. The van der Waals surface area contributed by atoms with Crippen molar-refractivity contribution < 1.29 is 28.8 Å². The number of rotatable bonds is 4. The van der Waals surface area contributed by atoms with E-state index in [9.17, 15) is 9.90 Å². The first-order valence-corrected chi connectivity index (χ1v) is 5.98. The van der Waals surface area contributed by atoms with Crippen LogP contribution < -0.4 is 29.7 Å². The Morgan fingerprint density at radius 1 is 1.52 bits per heavy atom. The van der Waals surface area contributed by atoms with Gasteiger partial charge in [0, 0.05) is 36.4 Å². The molecule has 2 aromatic heterocycles. The van der Waals surface area contributed by atoms with Gasteiger partial charge in [0.05, 0.1) is 0 Å². The molecule has 0 unspecified atom stereocenters. The van der Waals surface area contributed by atoms with E-state index < -0.39 is 5.97 Å². The Morgan fingerprint density at radius 3 is 2.71 bits per heavy atom. The molecule has 0 aliphatic rings. The molecular weight excluding hydrogens is 265 g/mol. The number of carbonyl (C=O) groups excluding carboxylic acids is 1. The van der Waals surface area contributed by atoms with Gasteiger partial charge in [0.1, 0.15) is 23.1 Å². The predicted octanol–water partition coefficient (Wildman–Crippen LogP) is -3.28. The summed E-state index contributed by atoms with van der Waals surface area (Å²) >= 11 is 0. The van der Waals surface area contributed by atoms with Crippen LogP contribution in [0.2, 0.25) is 0 Å². The average Bonchev–Trinajstić information content (AvgIpc) is 2.75. The SMILES string of the molecule is CCn1nc(-c2ccc(CC(=O)[O-])nc2)c(C#N)c1N.[Li+]. The van der Waals surface area contributed by atoms with Crippen molar-refractivity contribution in [1.29, 1.82) is 5.26 Å². The number of pyridine rings is 1. The van der Waals surface area contributed by atoms with E-state index in [-0.39, 0.29) is 25.3 Å². The second-order valence-electron chi connectivity index (χ2n) is 4.12. The van der Waals surface area contributed by atoms with E-state index in [2.05, 4.69) is 10.1 Å².